The molecular formula is C32H30Cl2F3N7O2. The van der Waals surface area contributed by atoms with Gasteiger partial charge in [0.25, 0.3) is 5.56 Å². The number of aryl methyl sites for hydroxylation is 1. The second kappa shape index (κ2) is 12.5. The molecular weight excluding hydrogens is 642 g/mol. The van der Waals surface area contributed by atoms with Crippen LogP contribution in [0.4, 0.5) is 18.9 Å². The molecule has 2 aliphatic rings. The van der Waals surface area contributed by atoms with E-state index < -0.39 is 40.0 Å². The summed E-state index contributed by atoms with van der Waals surface area (Å²) in [7, 11) is 0. The van der Waals surface area contributed by atoms with Crippen LogP contribution in [0.5, 0.6) is 0 Å². The van der Waals surface area contributed by atoms with E-state index in [9.17, 15) is 23.6 Å². The Balaban J connectivity index is 1.91. The van der Waals surface area contributed by atoms with E-state index in [2.05, 4.69) is 22.6 Å². The molecule has 240 valence electrons. The Labute approximate surface area is 273 Å². The Bertz CT molecular complexity index is 1970. The van der Waals surface area contributed by atoms with Gasteiger partial charge >= 0.3 is 0 Å². The fraction of sp³-hybridized carbons (Fsp3) is 0.344. The first-order valence-electron chi connectivity index (χ1n) is 14.4. The zero-order chi connectivity index (χ0) is 33.8. The maximum Gasteiger partial charge on any atom is 0.276 e. The van der Waals surface area contributed by atoms with Crippen LogP contribution in [0.15, 0.2) is 52.5 Å². The van der Waals surface area contributed by atoms with E-state index in [1.165, 1.54) is 16.7 Å². The Kier molecular flexibility index (Phi) is 9.05. The molecule has 5 rings (SSSR count). The lowest BCUT2D eigenvalue weighted by Gasteiger charge is -2.41. The molecule has 0 aromatic carbocycles. The molecule has 1 saturated heterocycles. The van der Waals surface area contributed by atoms with Crippen molar-refractivity contribution in [2.75, 3.05) is 24.5 Å². The minimum atomic E-state index is -2.52. The van der Waals surface area contributed by atoms with Crippen molar-refractivity contribution < 1.29 is 18.0 Å². The summed E-state index contributed by atoms with van der Waals surface area (Å²) in [5.41, 5.74) is 5.42. The number of anilines is 1. The third-order valence-corrected chi connectivity index (χ3v) is 9.00. The number of aromatic nitrogens is 3. The first kappa shape index (κ1) is 33.2. The Hall–Kier alpha value is -4.18. The fourth-order valence-corrected chi connectivity index (χ4v) is 6.51. The SMILES string of the molecule is C=CC(=O)N1CCN(c2c(C#N)c(=O)n(-c3c(C)ccnc3C(C)C)c3nc(C4=C(Cl)C(N)C(F)C(F)=C4F)c(Cl)cc23)C[C@H]1C. The summed E-state index contributed by atoms with van der Waals surface area (Å²) in [6.45, 7) is 11.6. The van der Waals surface area contributed by atoms with Crippen molar-refractivity contribution in [3.63, 3.8) is 0 Å². The zero-order valence-electron chi connectivity index (χ0n) is 25.4. The average Bonchev–Trinajstić information content (AvgIpc) is 3.02. The van der Waals surface area contributed by atoms with Crippen LogP contribution in [-0.4, -0.2) is 63.2 Å². The van der Waals surface area contributed by atoms with E-state index in [4.69, 9.17) is 28.9 Å². The summed E-state index contributed by atoms with van der Waals surface area (Å²) in [4.78, 5) is 39.4. The first-order chi connectivity index (χ1) is 21.7. The second-order valence-electron chi connectivity index (χ2n) is 11.5. The van der Waals surface area contributed by atoms with Crippen LogP contribution in [0.3, 0.4) is 0 Å². The highest BCUT2D eigenvalue weighted by atomic mass is 35.5. The lowest BCUT2D eigenvalue weighted by molar-refractivity contribution is -0.128. The maximum atomic E-state index is 15.4. The number of nitrogens with zero attached hydrogens (tertiary/aromatic N) is 6. The Morgan fingerprint density at radius 1 is 1.26 bits per heavy atom. The molecule has 2 N–H and O–H groups in total. The second-order valence-corrected chi connectivity index (χ2v) is 12.3. The topological polar surface area (TPSA) is 121 Å². The highest BCUT2D eigenvalue weighted by Crippen LogP contribution is 2.44. The minimum Gasteiger partial charge on any atom is -0.366 e. The number of pyridine rings is 3. The van der Waals surface area contributed by atoms with Crippen molar-refractivity contribution >= 4 is 51.4 Å². The number of hydrogen-bond donors (Lipinski definition) is 1. The van der Waals surface area contributed by atoms with Gasteiger partial charge in [0.1, 0.15) is 17.3 Å². The predicted octanol–water partition coefficient (Wildman–Crippen LogP) is 5.74. The van der Waals surface area contributed by atoms with Crippen molar-refractivity contribution in [1.82, 2.24) is 19.4 Å². The van der Waals surface area contributed by atoms with Gasteiger partial charge in [0.2, 0.25) is 5.91 Å². The monoisotopic (exact) mass is 671 g/mol. The van der Waals surface area contributed by atoms with Gasteiger partial charge in [-0.15, -0.1) is 0 Å². The van der Waals surface area contributed by atoms with Crippen LogP contribution in [0.25, 0.3) is 22.3 Å². The smallest absolute Gasteiger partial charge is 0.276 e. The fourth-order valence-electron chi connectivity index (χ4n) is 5.99. The molecule has 14 heteroatoms. The molecule has 0 radical (unpaired) electrons. The van der Waals surface area contributed by atoms with E-state index in [0.29, 0.717) is 16.9 Å². The van der Waals surface area contributed by atoms with Crippen molar-refractivity contribution in [2.45, 2.75) is 51.9 Å². The van der Waals surface area contributed by atoms with Crippen molar-refractivity contribution in [2.24, 2.45) is 5.73 Å². The number of carbonyl (C=O) groups excluding carboxylic acids is 1. The van der Waals surface area contributed by atoms with Crippen LogP contribution >= 0.6 is 23.2 Å². The van der Waals surface area contributed by atoms with Gasteiger partial charge in [0.05, 0.1) is 44.4 Å². The molecule has 0 bridgehead atoms. The van der Waals surface area contributed by atoms with Gasteiger partial charge in [0.15, 0.2) is 17.8 Å². The van der Waals surface area contributed by atoms with E-state index >= 15 is 4.39 Å². The van der Waals surface area contributed by atoms with Gasteiger partial charge in [0, 0.05) is 37.3 Å². The standard InChI is InChI=1S/C32H30Cl2F3N7O2/c1-6-20(45)43-10-9-42(13-16(43)5)30-17-11-19(33)28(21-22(34)26(39)25(37)24(36)23(21)35)41-31(17)44(32(46)18(30)12-38)29-15(4)7-8-40-27(29)14(2)3/h6-8,11,14,16,25-26H,1,9-10,13,39H2,2-5H3/t16-,25?,26?/m1/s1. The molecule has 1 fully saturated rings. The largest absolute Gasteiger partial charge is 0.366 e. The predicted molar refractivity (Wildman–Crippen MR) is 172 cm³/mol. The van der Waals surface area contributed by atoms with Gasteiger partial charge in [-0.25, -0.2) is 18.2 Å². The summed E-state index contributed by atoms with van der Waals surface area (Å²) in [5, 5.41) is 9.90. The third-order valence-electron chi connectivity index (χ3n) is 8.27. The van der Waals surface area contributed by atoms with Crippen LogP contribution in [0, 0.1) is 18.3 Å². The van der Waals surface area contributed by atoms with E-state index in [1.54, 1.807) is 29.0 Å². The summed E-state index contributed by atoms with van der Waals surface area (Å²) in [5.74, 6) is -3.82. The summed E-state index contributed by atoms with van der Waals surface area (Å²) < 4.78 is 45.7. The molecule has 3 atom stereocenters. The number of halogens is 5. The molecule has 1 aliphatic heterocycles. The highest BCUT2D eigenvalue weighted by molar-refractivity contribution is 6.37. The van der Waals surface area contributed by atoms with Gasteiger partial charge < -0.3 is 15.5 Å². The van der Waals surface area contributed by atoms with Gasteiger partial charge in [-0.3, -0.25) is 19.1 Å². The highest BCUT2D eigenvalue weighted by Gasteiger charge is 2.39. The van der Waals surface area contributed by atoms with Gasteiger partial charge in [-0.2, -0.15) is 5.26 Å². The quantitative estimate of drug-likeness (QED) is 0.343. The van der Waals surface area contributed by atoms with Crippen molar-refractivity contribution in [1.29, 1.82) is 5.26 Å². The molecule has 9 nitrogen and oxygen atoms in total. The van der Waals surface area contributed by atoms with E-state index in [-0.39, 0.29) is 70.5 Å². The maximum absolute atomic E-state index is 15.4. The molecule has 4 heterocycles. The van der Waals surface area contributed by atoms with Crippen LogP contribution < -0.4 is 16.2 Å². The van der Waals surface area contributed by atoms with Gasteiger partial charge in [-0.1, -0.05) is 43.6 Å². The molecule has 0 saturated carbocycles. The first-order valence-corrected chi connectivity index (χ1v) is 15.2. The minimum absolute atomic E-state index is 0.0604. The number of alkyl halides is 1. The molecule has 0 spiro atoms. The summed E-state index contributed by atoms with van der Waals surface area (Å²) in [6.07, 6.45) is 0.293. The number of nitrogens with two attached hydrogens (primary N) is 1. The number of hydrogen-bond acceptors (Lipinski definition) is 7. The van der Waals surface area contributed by atoms with Crippen LogP contribution in [-0.2, 0) is 4.79 Å². The molecule has 1 aliphatic carbocycles. The summed E-state index contributed by atoms with van der Waals surface area (Å²) in [6, 6.07) is 3.06. The molecule has 3 aromatic rings. The zero-order valence-corrected chi connectivity index (χ0v) is 26.9. The number of piperazine rings is 1. The van der Waals surface area contributed by atoms with Crippen LogP contribution in [0.1, 0.15) is 49.2 Å². The van der Waals surface area contributed by atoms with Crippen molar-refractivity contribution in [3.8, 4) is 11.8 Å². The molecule has 46 heavy (non-hydrogen) atoms. The lowest BCUT2D eigenvalue weighted by Crippen LogP contribution is -2.54. The molecule has 3 aromatic heterocycles. The van der Waals surface area contributed by atoms with Crippen molar-refractivity contribution in [3.05, 3.63) is 85.6 Å². The normalized spacial score (nSPS) is 20.5. The number of amides is 1. The number of nitriles is 1. The van der Waals surface area contributed by atoms with E-state index in [1.807, 2.05) is 20.8 Å². The Morgan fingerprint density at radius 3 is 2.57 bits per heavy atom. The summed E-state index contributed by atoms with van der Waals surface area (Å²) >= 11 is 13.0. The number of fused-ring (bicyclic) bond motifs is 1. The average molecular weight is 673 g/mol. The number of rotatable bonds is 5. The van der Waals surface area contributed by atoms with Crippen LogP contribution in [0.2, 0.25) is 5.02 Å². The lowest BCUT2D eigenvalue weighted by atomic mass is 9.96. The number of carbonyl (C=O) groups is 1. The third kappa shape index (κ3) is 5.26. The van der Waals surface area contributed by atoms with Gasteiger partial charge in [-0.05, 0) is 43.5 Å². The Morgan fingerprint density at radius 2 is 1.96 bits per heavy atom. The number of allylic oxidation sites excluding steroid dienone is 2. The molecule has 1 amide bonds. The molecule has 2 unspecified atom stereocenters. The van der Waals surface area contributed by atoms with E-state index in [0.717, 1.165) is 0 Å².